The zero-order valence-corrected chi connectivity index (χ0v) is 12.0. The second-order valence-electron chi connectivity index (χ2n) is 4.96. The Morgan fingerprint density at radius 3 is 2.70 bits per heavy atom. The number of allylic oxidation sites excluding steroid dienone is 1. The van der Waals surface area contributed by atoms with Crippen LogP contribution in [-0.4, -0.2) is 18.7 Å². The van der Waals surface area contributed by atoms with E-state index in [1.54, 1.807) is 25.0 Å². The average molecular weight is 276 g/mol. The molecule has 0 spiro atoms. The summed E-state index contributed by atoms with van der Waals surface area (Å²) in [5.74, 6) is 0. The quantitative estimate of drug-likeness (QED) is 0.588. The highest BCUT2D eigenvalue weighted by Crippen LogP contribution is 2.04. The van der Waals surface area contributed by atoms with Crippen molar-refractivity contribution in [2.24, 2.45) is 14.1 Å². The van der Waals surface area contributed by atoms with Crippen molar-refractivity contribution in [2.75, 3.05) is 0 Å². The number of hydrogen-bond acceptors (Lipinski definition) is 3. The van der Waals surface area contributed by atoms with Crippen LogP contribution in [0.15, 0.2) is 28.6 Å². The molecule has 2 aromatic heterocycles. The zero-order valence-electron chi connectivity index (χ0n) is 12.0. The lowest BCUT2D eigenvalue weighted by molar-refractivity contribution is 0.543. The van der Waals surface area contributed by atoms with E-state index >= 15 is 0 Å². The van der Waals surface area contributed by atoms with Crippen LogP contribution in [0, 0.1) is 0 Å². The molecular formula is C14H20N4O2. The van der Waals surface area contributed by atoms with E-state index in [0.29, 0.717) is 17.7 Å². The van der Waals surface area contributed by atoms with Gasteiger partial charge < -0.3 is 4.57 Å². The number of fused-ring (bicyclic) bond motifs is 1. The van der Waals surface area contributed by atoms with Crippen molar-refractivity contribution in [3.63, 3.8) is 0 Å². The fourth-order valence-corrected chi connectivity index (χ4v) is 2.33. The van der Waals surface area contributed by atoms with Gasteiger partial charge in [0.05, 0.1) is 6.33 Å². The monoisotopic (exact) mass is 276 g/mol. The maximum absolute atomic E-state index is 12.4. The van der Waals surface area contributed by atoms with Crippen LogP contribution >= 0.6 is 0 Å². The minimum atomic E-state index is -0.301. The lowest BCUT2D eigenvalue weighted by Gasteiger charge is -2.08. The number of aryl methyl sites for hydroxylation is 2. The number of aromatic nitrogens is 4. The van der Waals surface area contributed by atoms with E-state index in [2.05, 4.69) is 11.6 Å². The summed E-state index contributed by atoms with van der Waals surface area (Å²) in [5, 5.41) is 0. The van der Waals surface area contributed by atoms with E-state index in [9.17, 15) is 9.59 Å². The Morgan fingerprint density at radius 1 is 1.25 bits per heavy atom. The number of unbranched alkanes of at least 4 members (excludes halogenated alkanes) is 3. The van der Waals surface area contributed by atoms with Gasteiger partial charge >= 0.3 is 5.69 Å². The van der Waals surface area contributed by atoms with Gasteiger partial charge in [0.2, 0.25) is 0 Å². The van der Waals surface area contributed by atoms with Crippen LogP contribution in [0.1, 0.15) is 25.7 Å². The molecule has 6 heteroatoms. The van der Waals surface area contributed by atoms with Gasteiger partial charge in [0.1, 0.15) is 0 Å². The van der Waals surface area contributed by atoms with Crippen LogP contribution in [-0.2, 0) is 20.6 Å². The predicted molar refractivity (Wildman–Crippen MR) is 78.9 cm³/mol. The summed E-state index contributed by atoms with van der Waals surface area (Å²) in [4.78, 5) is 28.7. The molecule has 0 aliphatic carbocycles. The Kier molecular flexibility index (Phi) is 4.22. The van der Waals surface area contributed by atoms with Crippen molar-refractivity contribution in [1.82, 2.24) is 18.7 Å². The van der Waals surface area contributed by atoms with Crippen molar-refractivity contribution in [1.29, 1.82) is 0 Å². The van der Waals surface area contributed by atoms with E-state index in [1.165, 1.54) is 9.13 Å². The molecule has 0 aromatic carbocycles. The van der Waals surface area contributed by atoms with Crippen LogP contribution in [0.25, 0.3) is 11.2 Å². The SMILES string of the molecule is C=CCCCCCn1c(=O)c2c(ncn2C)n(C)c1=O. The minimum absolute atomic E-state index is 0.258. The molecule has 2 rings (SSSR count). The maximum atomic E-state index is 12.4. The highest BCUT2D eigenvalue weighted by atomic mass is 16.2. The summed E-state index contributed by atoms with van der Waals surface area (Å²) in [6.45, 7) is 4.12. The van der Waals surface area contributed by atoms with E-state index < -0.39 is 0 Å². The summed E-state index contributed by atoms with van der Waals surface area (Å²) in [5.41, 5.74) is 0.348. The van der Waals surface area contributed by atoms with Crippen LogP contribution in [0.4, 0.5) is 0 Å². The Balaban J connectivity index is 2.33. The Bertz CT molecular complexity index is 736. The van der Waals surface area contributed by atoms with Crippen molar-refractivity contribution < 1.29 is 0 Å². The Hall–Kier alpha value is -2.11. The molecule has 108 valence electrons. The van der Waals surface area contributed by atoms with E-state index in [1.807, 2.05) is 6.08 Å². The van der Waals surface area contributed by atoms with E-state index in [4.69, 9.17) is 0 Å². The largest absolute Gasteiger partial charge is 0.332 e. The summed E-state index contributed by atoms with van der Waals surface area (Å²) >= 11 is 0. The molecular weight excluding hydrogens is 256 g/mol. The molecule has 0 amide bonds. The van der Waals surface area contributed by atoms with Gasteiger partial charge in [-0.2, -0.15) is 0 Å². The minimum Gasteiger partial charge on any atom is -0.328 e. The molecule has 0 aliphatic rings. The number of nitrogens with zero attached hydrogens (tertiary/aromatic N) is 4. The fourth-order valence-electron chi connectivity index (χ4n) is 2.33. The van der Waals surface area contributed by atoms with Gasteiger partial charge in [0.15, 0.2) is 11.2 Å². The van der Waals surface area contributed by atoms with Crippen molar-refractivity contribution >= 4 is 11.2 Å². The lowest BCUT2D eigenvalue weighted by Crippen LogP contribution is -2.39. The molecule has 0 aliphatic heterocycles. The first-order valence-electron chi connectivity index (χ1n) is 6.79. The van der Waals surface area contributed by atoms with Gasteiger partial charge in [-0.05, 0) is 19.3 Å². The van der Waals surface area contributed by atoms with Crippen molar-refractivity contribution in [2.45, 2.75) is 32.2 Å². The average Bonchev–Trinajstić information content (AvgIpc) is 2.81. The normalized spacial score (nSPS) is 11.1. The van der Waals surface area contributed by atoms with Crippen LogP contribution in [0.5, 0.6) is 0 Å². The van der Waals surface area contributed by atoms with Crippen molar-refractivity contribution in [3.8, 4) is 0 Å². The molecule has 0 bridgehead atoms. The Labute approximate surface area is 117 Å². The third-order valence-electron chi connectivity index (χ3n) is 3.49. The highest BCUT2D eigenvalue weighted by molar-refractivity contribution is 5.69. The predicted octanol–water partition coefficient (Wildman–Crippen LogP) is 1.18. The van der Waals surface area contributed by atoms with E-state index in [-0.39, 0.29) is 11.2 Å². The summed E-state index contributed by atoms with van der Waals surface area (Å²) in [7, 11) is 3.40. The second-order valence-corrected chi connectivity index (χ2v) is 4.96. The summed E-state index contributed by atoms with van der Waals surface area (Å²) in [6, 6.07) is 0. The molecule has 20 heavy (non-hydrogen) atoms. The molecule has 0 atom stereocenters. The van der Waals surface area contributed by atoms with Crippen molar-refractivity contribution in [3.05, 3.63) is 39.8 Å². The summed E-state index contributed by atoms with van der Waals surface area (Å²) in [6.07, 6.45) is 7.23. The number of hydrogen-bond donors (Lipinski definition) is 0. The topological polar surface area (TPSA) is 61.8 Å². The maximum Gasteiger partial charge on any atom is 0.332 e. The molecule has 0 saturated heterocycles. The van der Waals surface area contributed by atoms with Crippen LogP contribution in [0.3, 0.4) is 0 Å². The highest BCUT2D eigenvalue weighted by Gasteiger charge is 2.14. The van der Waals surface area contributed by atoms with E-state index in [0.717, 1.165) is 25.7 Å². The molecule has 2 heterocycles. The molecule has 0 unspecified atom stereocenters. The fraction of sp³-hybridized carbons (Fsp3) is 0.500. The number of imidazole rings is 1. The first-order chi connectivity index (χ1) is 9.57. The molecule has 0 fully saturated rings. The molecule has 6 nitrogen and oxygen atoms in total. The molecule has 0 saturated carbocycles. The van der Waals surface area contributed by atoms with Gasteiger partial charge in [-0.3, -0.25) is 13.9 Å². The first kappa shape index (κ1) is 14.3. The molecule has 0 radical (unpaired) electrons. The third kappa shape index (κ3) is 2.45. The molecule has 2 aromatic rings. The lowest BCUT2D eigenvalue weighted by atomic mass is 10.2. The van der Waals surface area contributed by atoms with Crippen LogP contribution < -0.4 is 11.2 Å². The molecule has 0 N–H and O–H groups in total. The second kappa shape index (κ2) is 5.90. The first-order valence-corrected chi connectivity index (χ1v) is 6.79. The standard InChI is InChI=1S/C14H20N4O2/c1-4-5-6-7-8-9-18-13(19)11-12(15-10-16(11)2)17(3)14(18)20/h4,10H,1,5-9H2,2-3H3. The van der Waals surface area contributed by atoms with Gasteiger partial charge in [0, 0.05) is 20.6 Å². The van der Waals surface area contributed by atoms with Gasteiger partial charge in [-0.15, -0.1) is 6.58 Å². The smallest absolute Gasteiger partial charge is 0.328 e. The zero-order chi connectivity index (χ0) is 14.7. The third-order valence-corrected chi connectivity index (χ3v) is 3.49. The van der Waals surface area contributed by atoms with Crippen LogP contribution in [0.2, 0.25) is 0 Å². The number of rotatable bonds is 6. The summed E-state index contributed by atoms with van der Waals surface area (Å²) < 4.78 is 4.39. The van der Waals surface area contributed by atoms with Gasteiger partial charge in [0.25, 0.3) is 5.56 Å². The van der Waals surface area contributed by atoms with Gasteiger partial charge in [-0.1, -0.05) is 12.5 Å². The van der Waals surface area contributed by atoms with Gasteiger partial charge in [-0.25, -0.2) is 9.78 Å². The Morgan fingerprint density at radius 2 is 2.00 bits per heavy atom.